The Labute approximate surface area is 127 Å². The van der Waals surface area contributed by atoms with Crippen LogP contribution in [-0.2, 0) is 4.79 Å². The number of hydrogen-bond acceptors (Lipinski definition) is 3. The van der Waals surface area contributed by atoms with Gasteiger partial charge in [0.05, 0.1) is 5.60 Å². The molecular weight excluding hydrogens is 266 g/mol. The highest BCUT2D eigenvalue weighted by molar-refractivity contribution is 5.77. The van der Waals surface area contributed by atoms with Gasteiger partial charge in [-0.3, -0.25) is 4.79 Å². The van der Waals surface area contributed by atoms with Crippen LogP contribution in [0.4, 0.5) is 0 Å². The number of nitrogens with zero attached hydrogens (tertiary/aromatic N) is 1. The molecule has 0 unspecified atom stereocenters. The van der Waals surface area contributed by atoms with Crippen LogP contribution in [0.1, 0.15) is 46.1 Å². The second kappa shape index (κ2) is 7.46. The van der Waals surface area contributed by atoms with Crippen molar-refractivity contribution in [2.45, 2.75) is 46.1 Å². The van der Waals surface area contributed by atoms with Gasteiger partial charge in [-0.25, -0.2) is 0 Å². The lowest BCUT2D eigenvalue weighted by molar-refractivity contribution is -0.136. The molecule has 0 saturated heterocycles. The Kier molecular flexibility index (Phi) is 6.21. The third-order valence-corrected chi connectivity index (χ3v) is 3.20. The second-order valence-electron chi connectivity index (χ2n) is 6.24. The number of rotatable bonds is 7. The maximum absolute atomic E-state index is 12.1. The number of benzene rings is 1. The smallest absolute Gasteiger partial charge is 0.260 e. The lowest BCUT2D eigenvalue weighted by atomic mass is 10.0. The minimum Gasteiger partial charge on any atom is -0.484 e. The first-order chi connectivity index (χ1) is 9.73. The molecule has 4 heteroatoms. The average molecular weight is 293 g/mol. The van der Waals surface area contributed by atoms with Crippen molar-refractivity contribution < 1.29 is 14.6 Å². The van der Waals surface area contributed by atoms with Crippen molar-refractivity contribution in [3.05, 3.63) is 29.8 Å². The van der Waals surface area contributed by atoms with Crippen LogP contribution in [0.5, 0.6) is 5.75 Å². The van der Waals surface area contributed by atoms with Gasteiger partial charge < -0.3 is 14.7 Å². The van der Waals surface area contributed by atoms with Crippen molar-refractivity contribution in [2.24, 2.45) is 0 Å². The molecule has 0 aliphatic heterocycles. The van der Waals surface area contributed by atoms with Gasteiger partial charge in [0.25, 0.3) is 5.91 Å². The molecule has 0 aromatic heterocycles. The van der Waals surface area contributed by atoms with E-state index in [0.717, 1.165) is 0 Å². The van der Waals surface area contributed by atoms with Gasteiger partial charge >= 0.3 is 0 Å². The number of amides is 1. The molecule has 0 atom stereocenters. The molecule has 0 spiro atoms. The van der Waals surface area contributed by atoms with Gasteiger partial charge in [0.15, 0.2) is 6.61 Å². The summed E-state index contributed by atoms with van der Waals surface area (Å²) >= 11 is 0. The SMILES string of the molecule is CCN(CC(C)(C)O)C(=O)COc1cccc(C(C)C)c1. The van der Waals surface area contributed by atoms with Crippen LogP contribution in [-0.4, -0.2) is 41.2 Å². The highest BCUT2D eigenvalue weighted by Crippen LogP contribution is 2.20. The van der Waals surface area contributed by atoms with E-state index in [1.807, 2.05) is 31.2 Å². The molecule has 118 valence electrons. The van der Waals surface area contributed by atoms with Crippen LogP contribution in [0, 0.1) is 0 Å². The first-order valence-corrected chi connectivity index (χ1v) is 7.46. The number of likely N-dealkylation sites (N-methyl/N-ethyl adjacent to an activating group) is 1. The number of ether oxygens (including phenoxy) is 1. The molecule has 1 aromatic rings. The molecule has 1 aromatic carbocycles. The van der Waals surface area contributed by atoms with Gasteiger partial charge in [-0.15, -0.1) is 0 Å². The molecule has 0 fully saturated rings. The van der Waals surface area contributed by atoms with E-state index >= 15 is 0 Å². The zero-order valence-corrected chi connectivity index (χ0v) is 13.7. The fourth-order valence-electron chi connectivity index (χ4n) is 2.04. The lowest BCUT2D eigenvalue weighted by Gasteiger charge is -2.28. The monoisotopic (exact) mass is 293 g/mol. The summed E-state index contributed by atoms with van der Waals surface area (Å²) in [6.07, 6.45) is 0. The van der Waals surface area contributed by atoms with Gasteiger partial charge in [0.2, 0.25) is 0 Å². The molecule has 1 N–H and O–H groups in total. The van der Waals surface area contributed by atoms with Crippen molar-refractivity contribution in [3.8, 4) is 5.75 Å². The van der Waals surface area contributed by atoms with E-state index in [1.165, 1.54) is 5.56 Å². The van der Waals surface area contributed by atoms with Gasteiger partial charge in [0.1, 0.15) is 5.75 Å². The fraction of sp³-hybridized carbons (Fsp3) is 0.588. The minimum atomic E-state index is -0.900. The van der Waals surface area contributed by atoms with E-state index in [9.17, 15) is 9.90 Å². The van der Waals surface area contributed by atoms with Crippen LogP contribution in [0.15, 0.2) is 24.3 Å². The topological polar surface area (TPSA) is 49.8 Å². The summed E-state index contributed by atoms with van der Waals surface area (Å²) in [7, 11) is 0. The zero-order valence-electron chi connectivity index (χ0n) is 13.7. The van der Waals surface area contributed by atoms with Crippen molar-refractivity contribution in [1.29, 1.82) is 0 Å². The van der Waals surface area contributed by atoms with E-state index in [2.05, 4.69) is 13.8 Å². The molecule has 0 radical (unpaired) electrons. The number of carbonyl (C=O) groups is 1. The fourth-order valence-corrected chi connectivity index (χ4v) is 2.04. The Bertz CT molecular complexity index is 463. The lowest BCUT2D eigenvalue weighted by Crippen LogP contribution is -2.44. The van der Waals surface area contributed by atoms with Crippen LogP contribution in [0.2, 0.25) is 0 Å². The molecule has 4 nitrogen and oxygen atoms in total. The van der Waals surface area contributed by atoms with Crippen LogP contribution >= 0.6 is 0 Å². The molecule has 0 bridgehead atoms. The first-order valence-electron chi connectivity index (χ1n) is 7.46. The van der Waals surface area contributed by atoms with E-state index < -0.39 is 5.60 Å². The molecule has 0 heterocycles. The number of aliphatic hydroxyl groups is 1. The summed E-state index contributed by atoms with van der Waals surface area (Å²) in [6.45, 7) is 10.4. The third kappa shape index (κ3) is 6.17. The molecule has 0 saturated carbocycles. The van der Waals surface area contributed by atoms with Gasteiger partial charge in [-0.2, -0.15) is 0 Å². The molecule has 0 aliphatic rings. The molecular formula is C17H27NO3. The van der Waals surface area contributed by atoms with E-state index in [0.29, 0.717) is 24.8 Å². The summed E-state index contributed by atoms with van der Waals surface area (Å²) in [5, 5.41) is 9.82. The van der Waals surface area contributed by atoms with Crippen LogP contribution in [0.25, 0.3) is 0 Å². The predicted molar refractivity (Wildman–Crippen MR) is 84.6 cm³/mol. The van der Waals surface area contributed by atoms with E-state index in [1.54, 1.807) is 18.7 Å². The van der Waals surface area contributed by atoms with Crippen molar-refractivity contribution in [3.63, 3.8) is 0 Å². The third-order valence-electron chi connectivity index (χ3n) is 3.20. The van der Waals surface area contributed by atoms with E-state index in [4.69, 9.17) is 4.74 Å². The van der Waals surface area contributed by atoms with Crippen molar-refractivity contribution in [1.82, 2.24) is 4.90 Å². The summed E-state index contributed by atoms with van der Waals surface area (Å²) in [6, 6.07) is 7.80. The van der Waals surface area contributed by atoms with Crippen LogP contribution in [0.3, 0.4) is 0 Å². The minimum absolute atomic E-state index is 0.00846. The standard InChI is InChI=1S/C17H27NO3/c1-6-18(12-17(4,5)20)16(19)11-21-15-9-7-8-14(10-15)13(2)3/h7-10,13,20H,6,11-12H2,1-5H3. The zero-order chi connectivity index (χ0) is 16.0. The predicted octanol–water partition coefficient (Wildman–Crippen LogP) is 2.81. The normalized spacial score (nSPS) is 11.6. The average Bonchev–Trinajstić information content (AvgIpc) is 2.41. The summed E-state index contributed by atoms with van der Waals surface area (Å²) in [4.78, 5) is 13.7. The molecule has 1 amide bonds. The largest absolute Gasteiger partial charge is 0.484 e. The summed E-state index contributed by atoms with van der Waals surface area (Å²) < 4.78 is 5.58. The second-order valence-corrected chi connectivity index (χ2v) is 6.24. The summed E-state index contributed by atoms with van der Waals surface area (Å²) in [5.74, 6) is 1.01. The Morgan fingerprint density at radius 1 is 1.38 bits per heavy atom. The Morgan fingerprint density at radius 3 is 2.57 bits per heavy atom. The van der Waals surface area contributed by atoms with Gasteiger partial charge in [-0.1, -0.05) is 26.0 Å². The molecule has 1 rings (SSSR count). The molecule has 0 aliphatic carbocycles. The quantitative estimate of drug-likeness (QED) is 0.841. The number of carbonyl (C=O) groups excluding carboxylic acids is 1. The van der Waals surface area contributed by atoms with Crippen molar-refractivity contribution in [2.75, 3.05) is 19.7 Å². The Morgan fingerprint density at radius 2 is 2.05 bits per heavy atom. The van der Waals surface area contributed by atoms with E-state index in [-0.39, 0.29) is 12.5 Å². The van der Waals surface area contributed by atoms with Gasteiger partial charge in [0, 0.05) is 13.1 Å². The highest BCUT2D eigenvalue weighted by Gasteiger charge is 2.21. The van der Waals surface area contributed by atoms with Crippen molar-refractivity contribution >= 4 is 5.91 Å². The first kappa shape index (κ1) is 17.5. The molecule has 21 heavy (non-hydrogen) atoms. The Balaban J connectivity index is 2.61. The Hall–Kier alpha value is -1.55. The maximum atomic E-state index is 12.1. The highest BCUT2D eigenvalue weighted by atomic mass is 16.5. The number of hydrogen-bond donors (Lipinski definition) is 1. The van der Waals surface area contributed by atoms with Gasteiger partial charge in [-0.05, 0) is 44.4 Å². The maximum Gasteiger partial charge on any atom is 0.260 e. The van der Waals surface area contributed by atoms with Crippen LogP contribution < -0.4 is 4.74 Å². The summed E-state index contributed by atoms with van der Waals surface area (Å²) in [5.41, 5.74) is 0.284.